The molecule has 0 aromatic carbocycles. The van der Waals surface area contributed by atoms with E-state index in [0.29, 0.717) is 6.10 Å². The van der Waals surface area contributed by atoms with Gasteiger partial charge < -0.3 is 10.1 Å². The van der Waals surface area contributed by atoms with Crippen LogP contribution >= 0.6 is 0 Å². The van der Waals surface area contributed by atoms with Crippen LogP contribution in [0.4, 0.5) is 0 Å². The second-order valence-electron chi connectivity index (χ2n) is 6.60. The number of hydrogen-bond acceptors (Lipinski definition) is 3. The molecular formula is C16H30N2O. The summed E-state index contributed by atoms with van der Waals surface area (Å²) in [5.41, 5.74) is 0. The maximum Gasteiger partial charge on any atom is 0.0731 e. The van der Waals surface area contributed by atoms with Crippen LogP contribution in [-0.4, -0.2) is 48.8 Å². The van der Waals surface area contributed by atoms with Crippen LogP contribution in [0.2, 0.25) is 0 Å². The van der Waals surface area contributed by atoms with Gasteiger partial charge in [-0.1, -0.05) is 6.92 Å². The first-order valence-corrected chi connectivity index (χ1v) is 8.49. The molecule has 0 aromatic heterocycles. The third-order valence-electron chi connectivity index (χ3n) is 5.37. The van der Waals surface area contributed by atoms with Crippen LogP contribution in [0.5, 0.6) is 0 Å². The maximum atomic E-state index is 5.94. The molecule has 1 N–H and O–H groups in total. The first kappa shape index (κ1) is 13.8. The Morgan fingerprint density at radius 3 is 2.74 bits per heavy atom. The normalized spacial score (nSPS) is 40.3. The van der Waals surface area contributed by atoms with Crippen molar-refractivity contribution < 1.29 is 4.74 Å². The molecule has 1 aliphatic heterocycles. The molecule has 2 aliphatic carbocycles. The van der Waals surface area contributed by atoms with Crippen LogP contribution in [-0.2, 0) is 4.74 Å². The Balaban J connectivity index is 1.50. The third-order valence-corrected chi connectivity index (χ3v) is 5.37. The molecule has 0 bridgehead atoms. The van der Waals surface area contributed by atoms with E-state index >= 15 is 0 Å². The van der Waals surface area contributed by atoms with E-state index in [0.717, 1.165) is 24.7 Å². The lowest BCUT2D eigenvalue weighted by atomic mass is 9.88. The van der Waals surface area contributed by atoms with Crippen molar-refractivity contribution in [1.82, 2.24) is 10.2 Å². The van der Waals surface area contributed by atoms with Crippen LogP contribution in [0, 0.1) is 0 Å². The molecule has 1 heterocycles. The fraction of sp³-hybridized carbons (Fsp3) is 1.00. The lowest BCUT2D eigenvalue weighted by molar-refractivity contribution is -0.0773. The zero-order valence-electron chi connectivity index (χ0n) is 12.4. The Kier molecular flexibility index (Phi) is 4.78. The molecule has 3 aliphatic rings. The van der Waals surface area contributed by atoms with Crippen LogP contribution in [0.3, 0.4) is 0 Å². The Morgan fingerprint density at radius 2 is 1.95 bits per heavy atom. The fourth-order valence-corrected chi connectivity index (χ4v) is 4.37. The van der Waals surface area contributed by atoms with Crippen molar-refractivity contribution >= 4 is 0 Å². The van der Waals surface area contributed by atoms with Crippen molar-refractivity contribution in [2.45, 2.75) is 82.5 Å². The van der Waals surface area contributed by atoms with Crippen molar-refractivity contribution in [2.24, 2.45) is 0 Å². The first-order valence-electron chi connectivity index (χ1n) is 8.49. The van der Waals surface area contributed by atoms with Crippen molar-refractivity contribution in [3.63, 3.8) is 0 Å². The summed E-state index contributed by atoms with van der Waals surface area (Å²) in [5.74, 6) is 0. The lowest BCUT2D eigenvalue weighted by Crippen LogP contribution is -2.54. The quantitative estimate of drug-likeness (QED) is 0.846. The van der Waals surface area contributed by atoms with Crippen LogP contribution in [0.1, 0.15) is 58.3 Å². The number of ether oxygens (including phenoxy) is 1. The summed E-state index contributed by atoms with van der Waals surface area (Å²) in [5, 5.41) is 3.70. The molecule has 2 saturated carbocycles. The number of nitrogens with zero attached hydrogens (tertiary/aromatic N) is 1. The summed E-state index contributed by atoms with van der Waals surface area (Å²) >= 11 is 0. The van der Waals surface area contributed by atoms with E-state index in [1.54, 1.807) is 0 Å². The molecule has 0 radical (unpaired) electrons. The molecule has 3 nitrogen and oxygen atoms in total. The van der Waals surface area contributed by atoms with Gasteiger partial charge in [-0.15, -0.1) is 0 Å². The van der Waals surface area contributed by atoms with Gasteiger partial charge in [-0.3, -0.25) is 4.90 Å². The van der Waals surface area contributed by atoms with Gasteiger partial charge in [0.05, 0.1) is 12.7 Å². The monoisotopic (exact) mass is 266 g/mol. The molecule has 0 spiro atoms. The standard InChI is InChI=1S/C16H30N2O/c1-2-10-17-13-6-8-14(9-7-13)18-11-12-19-16-5-3-4-15(16)18/h13-17H,2-12H2,1H3. The predicted molar refractivity (Wildman–Crippen MR) is 78.4 cm³/mol. The van der Waals surface area contributed by atoms with E-state index in [4.69, 9.17) is 4.74 Å². The molecule has 0 amide bonds. The summed E-state index contributed by atoms with van der Waals surface area (Å²) in [6.45, 7) is 5.60. The maximum absolute atomic E-state index is 5.94. The van der Waals surface area contributed by atoms with Crippen molar-refractivity contribution in [1.29, 1.82) is 0 Å². The van der Waals surface area contributed by atoms with Crippen molar-refractivity contribution in [3.05, 3.63) is 0 Å². The van der Waals surface area contributed by atoms with Crippen molar-refractivity contribution in [3.8, 4) is 0 Å². The average Bonchev–Trinajstić information content (AvgIpc) is 2.94. The van der Waals surface area contributed by atoms with Gasteiger partial charge in [0.25, 0.3) is 0 Å². The van der Waals surface area contributed by atoms with Gasteiger partial charge in [-0.2, -0.15) is 0 Å². The van der Waals surface area contributed by atoms with Gasteiger partial charge in [0.1, 0.15) is 0 Å². The molecule has 2 atom stereocenters. The largest absolute Gasteiger partial charge is 0.375 e. The Labute approximate surface area is 118 Å². The van der Waals surface area contributed by atoms with Crippen LogP contribution < -0.4 is 5.32 Å². The molecular weight excluding hydrogens is 236 g/mol. The Morgan fingerprint density at radius 1 is 1.11 bits per heavy atom. The van der Waals surface area contributed by atoms with E-state index in [-0.39, 0.29) is 0 Å². The molecule has 1 saturated heterocycles. The van der Waals surface area contributed by atoms with E-state index in [2.05, 4.69) is 17.1 Å². The van der Waals surface area contributed by atoms with Gasteiger partial charge in [-0.25, -0.2) is 0 Å². The number of fused-ring (bicyclic) bond motifs is 1. The second-order valence-corrected chi connectivity index (χ2v) is 6.60. The highest BCUT2D eigenvalue weighted by Crippen LogP contribution is 2.34. The summed E-state index contributed by atoms with van der Waals surface area (Å²) in [6, 6.07) is 2.38. The van der Waals surface area contributed by atoms with Gasteiger partial charge in [-0.05, 0) is 57.9 Å². The van der Waals surface area contributed by atoms with Gasteiger partial charge in [0.15, 0.2) is 0 Å². The average molecular weight is 266 g/mol. The fourth-order valence-electron chi connectivity index (χ4n) is 4.37. The van der Waals surface area contributed by atoms with Crippen LogP contribution in [0.25, 0.3) is 0 Å². The van der Waals surface area contributed by atoms with Crippen LogP contribution in [0.15, 0.2) is 0 Å². The van der Waals surface area contributed by atoms with E-state index in [9.17, 15) is 0 Å². The van der Waals surface area contributed by atoms with Gasteiger partial charge >= 0.3 is 0 Å². The highest BCUT2D eigenvalue weighted by Gasteiger charge is 2.39. The summed E-state index contributed by atoms with van der Waals surface area (Å²) in [4.78, 5) is 2.82. The number of nitrogens with one attached hydrogen (secondary N) is 1. The zero-order valence-corrected chi connectivity index (χ0v) is 12.4. The number of rotatable bonds is 4. The molecule has 2 unspecified atom stereocenters. The Hall–Kier alpha value is -0.120. The highest BCUT2D eigenvalue weighted by atomic mass is 16.5. The summed E-state index contributed by atoms with van der Waals surface area (Å²) < 4.78 is 5.94. The molecule has 3 rings (SSSR count). The third kappa shape index (κ3) is 3.14. The predicted octanol–water partition coefficient (Wildman–Crippen LogP) is 2.55. The van der Waals surface area contributed by atoms with Crippen molar-refractivity contribution in [2.75, 3.05) is 19.7 Å². The summed E-state index contributed by atoms with van der Waals surface area (Å²) in [7, 11) is 0. The van der Waals surface area contributed by atoms with E-state index in [1.165, 1.54) is 64.5 Å². The first-order chi connectivity index (χ1) is 9.38. The van der Waals surface area contributed by atoms with Gasteiger partial charge in [0.2, 0.25) is 0 Å². The Bertz CT molecular complexity index is 276. The molecule has 3 fully saturated rings. The minimum absolute atomic E-state index is 0.560. The zero-order chi connectivity index (χ0) is 13.1. The van der Waals surface area contributed by atoms with E-state index < -0.39 is 0 Å². The highest BCUT2D eigenvalue weighted by molar-refractivity contribution is 4.94. The second kappa shape index (κ2) is 6.55. The molecule has 19 heavy (non-hydrogen) atoms. The van der Waals surface area contributed by atoms with Gasteiger partial charge in [0, 0.05) is 24.7 Å². The number of morpholine rings is 1. The lowest BCUT2D eigenvalue weighted by Gasteiger charge is -2.45. The molecule has 0 aromatic rings. The summed E-state index contributed by atoms with van der Waals surface area (Å²) in [6.07, 6.45) is 11.4. The van der Waals surface area contributed by atoms with E-state index in [1.807, 2.05) is 0 Å². The number of hydrogen-bond donors (Lipinski definition) is 1. The molecule has 3 heteroatoms. The molecule has 110 valence electrons. The minimum atomic E-state index is 0.560. The minimum Gasteiger partial charge on any atom is -0.375 e. The SMILES string of the molecule is CCCNC1CCC(N2CCOC3CCCC32)CC1. The smallest absolute Gasteiger partial charge is 0.0731 e. The topological polar surface area (TPSA) is 24.5 Å².